The third-order valence-corrected chi connectivity index (χ3v) is 3.30. The maximum atomic E-state index is 5.68. The zero-order valence-electron chi connectivity index (χ0n) is 10.7. The van der Waals surface area contributed by atoms with Gasteiger partial charge >= 0.3 is 0 Å². The van der Waals surface area contributed by atoms with Crippen LogP contribution in [0.1, 0.15) is 11.1 Å². The van der Waals surface area contributed by atoms with Gasteiger partial charge in [0.1, 0.15) is 8.98 Å². The smallest absolute Gasteiger partial charge is 0.103 e. The van der Waals surface area contributed by atoms with Crippen LogP contribution in [0, 0.1) is 6.20 Å². The van der Waals surface area contributed by atoms with Gasteiger partial charge in [0.2, 0.25) is 0 Å². The highest BCUT2D eigenvalue weighted by atomic mass is 35.5. The lowest BCUT2D eigenvalue weighted by molar-refractivity contribution is 0.847. The van der Waals surface area contributed by atoms with Crippen molar-refractivity contribution >= 4 is 46.4 Å². The number of allylic oxidation sites excluding steroid dienone is 2. The Morgan fingerprint density at radius 3 is 2.48 bits per heavy atom. The first-order valence-corrected chi connectivity index (χ1v) is 7.50. The Morgan fingerprint density at radius 2 is 1.86 bits per heavy atom. The second kappa shape index (κ2) is 7.85. The van der Waals surface area contributed by atoms with Crippen LogP contribution in [0.5, 0.6) is 0 Å². The summed E-state index contributed by atoms with van der Waals surface area (Å²) in [6.45, 7) is 0. The molecule has 0 aliphatic carbocycles. The first-order valence-electron chi connectivity index (χ1n) is 5.98. The van der Waals surface area contributed by atoms with E-state index in [0.717, 1.165) is 16.8 Å². The minimum atomic E-state index is 0.198. The molecule has 0 unspecified atom stereocenters. The molecule has 1 radical (unpaired) electrons. The van der Waals surface area contributed by atoms with Crippen LogP contribution in [0.15, 0.2) is 45.8 Å². The van der Waals surface area contributed by atoms with Crippen molar-refractivity contribution in [3.8, 4) is 5.69 Å². The molecule has 2 aromatic rings. The molecule has 0 aliphatic rings. The van der Waals surface area contributed by atoms with Gasteiger partial charge in [-0.15, -0.1) is 0 Å². The van der Waals surface area contributed by atoms with E-state index in [1.54, 1.807) is 29.2 Å². The maximum Gasteiger partial charge on any atom is 0.103 e. The number of hydrogen-bond donors (Lipinski definition) is 0. The highest BCUT2D eigenvalue weighted by molar-refractivity contribution is 6.56. The van der Waals surface area contributed by atoms with E-state index in [1.807, 2.05) is 12.3 Å². The van der Waals surface area contributed by atoms with E-state index in [9.17, 15) is 0 Å². The molecule has 2 heterocycles. The van der Waals surface area contributed by atoms with Crippen LogP contribution in [-0.2, 0) is 12.8 Å². The molecule has 109 valence electrons. The minimum absolute atomic E-state index is 0.198. The average Bonchev–Trinajstić information content (AvgIpc) is 2.96. The van der Waals surface area contributed by atoms with E-state index in [4.69, 9.17) is 46.4 Å². The predicted octanol–water partition coefficient (Wildman–Crippen LogP) is 4.79. The summed E-state index contributed by atoms with van der Waals surface area (Å²) in [6.07, 6.45) is 12.6. The first kappa shape index (κ1) is 16.4. The van der Waals surface area contributed by atoms with Gasteiger partial charge in [0, 0.05) is 29.7 Å². The second-order valence-electron chi connectivity index (χ2n) is 4.07. The SMILES string of the molecule is ClC(Cl)=CCc1[c]ncc(CC=C(Cl)Cl)c1-n1cccn1. The van der Waals surface area contributed by atoms with Gasteiger partial charge in [-0.25, -0.2) is 4.68 Å². The second-order valence-corrected chi connectivity index (χ2v) is 6.08. The number of pyridine rings is 1. The molecule has 0 bridgehead atoms. The molecule has 2 aromatic heterocycles. The number of nitrogens with zero attached hydrogens (tertiary/aromatic N) is 3. The third-order valence-electron chi connectivity index (χ3n) is 2.68. The van der Waals surface area contributed by atoms with Gasteiger partial charge < -0.3 is 0 Å². The Balaban J connectivity index is 2.47. The Morgan fingerprint density at radius 1 is 1.14 bits per heavy atom. The lowest BCUT2D eigenvalue weighted by atomic mass is 10.1. The average molecular weight is 362 g/mol. The van der Waals surface area contributed by atoms with E-state index in [1.165, 1.54) is 0 Å². The molecule has 0 fully saturated rings. The largest absolute Gasteiger partial charge is 0.254 e. The fourth-order valence-electron chi connectivity index (χ4n) is 1.84. The standard InChI is InChI=1S/C14H10Cl4N3/c15-12(16)4-2-10-8-19-9-11(3-5-13(17)18)14(10)21-7-1-6-20-21/h1,4-8H,2-3H2. The van der Waals surface area contributed by atoms with Gasteiger partial charge in [-0.05, 0) is 31.1 Å². The normalized spacial score (nSPS) is 10.3. The van der Waals surface area contributed by atoms with E-state index < -0.39 is 0 Å². The van der Waals surface area contributed by atoms with Crippen LogP contribution in [0.25, 0.3) is 5.69 Å². The predicted molar refractivity (Wildman–Crippen MR) is 87.2 cm³/mol. The summed E-state index contributed by atoms with van der Waals surface area (Å²) >= 11 is 22.7. The van der Waals surface area contributed by atoms with Crippen LogP contribution >= 0.6 is 46.4 Å². The molecule has 0 saturated heterocycles. The summed E-state index contributed by atoms with van der Waals surface area (Å²) in [7, 11) is 0. The molecule has 0 aliphatic heterocycles. The molecule has 0 saturated carbocycles. The zero-order chi connectivity index (χ0) is 15.2. The highest BCUT2D eigenvalue weighted by Gasteiger charge is 2.11. The molecule has 0 atom stereocenters. The van der Waals surface area contributed by atoms with E-state index in [2.05, 4.69) is 16.3 Å². The van der Waals surface area contributed by atoms with Crippen molar-refractivity contribution in [3.63, 3.8) is 0 Å². The Bertz CT molecular complexity index is 617. The van der Waals surface area contributed by atoms with Crippen molar-refractivity contribution in [2.24, 2.45) is 0 Å². The molecule has 0 spiro atoms. The molecule has 7 heteroatoms. The zero-order valence-corrected chi connectivity index (χ0v) is 13.8. The van der Waals surface area contributed by atoms with Crippen LogP contribution in [0.3, 0.4) is 0 Å². The Labute approximate surface area is 142 Å². The number of hydrogen-bond acceptors (Lipinski definition) is 2. The fourth-order valence-corrected chi connectivity index (χ4v) is 2.15. The molecule has 2 rings (SSSR count). The maximum absolute atomic E-state index is 5.68. The lowest BCUT2D eigenvalue weighted by Crippen LogP contribution is -2.06. The molecule has 3 nitrogen and oxygen atoms in total. The molecule has 0 amide bonds. The van der Waals surface area contributed by atoms with Gasteiger partial charge in [-0.3, -0.25) is 4.98 Å². The first-order chi connectivity index (χ1) is 10.1. The fraction of sp³-hybridized carbons (Fsp3) is 0.143. The summed E-state index contributed by atoms with van der Waals surface area (Å²) in [5.74, 6) is 0. The van der Waals surface area contributed by atoms with Crippen LogP contribution in [0.2, 0.25) is 0 Å². The van der Waals surface area contributed by atoms with Gasteiger partial charge in [0.05, 0.1) is 11.9 Å². The Kier molecular flexibility index (Phi) is 6.12. The highest BCUT2D eigenvalue weighted by Crippen LogP contribution is 2.22. The molecular formula is C14H10Cl4N3. The van der Waals surface area contributed by atoms with E-state index >= 15 is 0 Å². The summed E-state index contributed by atoms with van der Waals surface area (Å²) in [5.41, 5.74) is 2.62. The van der Waals surface area contributed by atoms with Crippen molar-refractivity contribution in [2.45, 2.75) is 12.8 Å². The van der Waals surface area contributed by atoms with Gasteiger partial charge in [-0.1, -0.05) is 46.4 Å². The van der Waals surface area contributed by atoms with Crippen molar-refractivity contribution in [3.05, 3.63) is 63.1 Å². The van der Waals surface area contributed by atoms with Crippen molar-refractivity contribution < 1.29 is 0 Å². The van der Waals surface area contributed by atoms with Crippen molar-refractivity contribution in [2.75, 3.05) is 0 Å². The topological polar surface area (TPSA) is 30.7 Å². The van der Waals surface area contributed by atoms with Crippen LogP contribution < -0.4 is 0 Å². The summed E-state index contributed by atoms with van der Waals surface area (Å²) in [4.78, 5) is 4.11. The number of aromatic nitrogens is 3. The van der Waals surface area contributed by atoms with Crippen LogP contribution in [0.4, 0.5) is 0 Å². The van der Waals surface area contributed by atoms with Crippen LogP contribution in [-0.4, -0.2) is 14.8 Å². The van der Waals surface area contributed by atoms with Gasteiger partial charge in [0.15, 0.2) is 0 Å². The summed E-state index contributed by atoms with van der Waals surface area (Å²) < 4.78 is 2.15. The van der Waals surface area contributed by atoms with E-state index in [0.29, 0.717) is 12.8 Å². The van der Waals surface area contributed by atoms with Crippen molar-refractivity contribution in [1.82, 2.24) is 14.8 Å². The molecular weight excluding hydrogens is 352 g/mol. The monoisotopic (exact) mass is 360 g/mol. The molecule has 0 aromatic carbocycles. The summed E-state index contributed by atoms with van der Waals surface area (Å²) in [5, 5.41) is 4.26. The molecule has 0 N–H and O–H groups in total. The quantitative estimate of drug-likeness (QED) is 0.766. The number of halogens is 4. The van der Waals surface area contributed by atoms with Gasteiger partial charge in [0.25, 0.3) is 0 Å². The minimum Gasteiger partial charge on any atom is -0.254 e. The third kappa shape index (κ3) is 4.75. The van der Waals surface area contributed by atoms with E-state index in [-0.39, 0.29) is 8.98 Å². The van der Waals surface area contributed by atoms with Gasteiger partial charge in [-0.2, -0.15) is 5.10 Å². The summed E-state index contributed by atoms with van der Waals surface area (Å²) in [6, 6.07) is 1.84. The lowest BCUT2D eigenvalue weighted by Gasteiger charge is -2.12. The van der Waals surface area contributed by atoms with Crippen molar-refractivity contribution in [1.29, 1.82) is 0 Å². The Hall–Kier alpha value is -1.00. The number of rotatable bonds is 5. The molecule has 21 heavy (non-hydrogen) atoms.